The highest BCUT2D eigenvalue weighted by molar-refractivity contribution is 5.85. The van der Waals surface area contributed by atoms with Gasteiger partial charge < -0.3 is 5.32 Å². The van der Waals surface area contributed by atoms with E-state index in [9.17, 15) is 4.79 Å². The van der Waals surface area contributed by atoms with Crippen LogP contribution in [0.15, 0.2) is 71.5 Å². The van der Waals surface area contributed by atoms with Crippen molar-refractivity contribution in [2.24, 2.45) is 0 Å². The van der Waals surface area contributed by atoms with Gasteiger partial charge in [-0.25, -0.2) is 4.98 Å². The molecule has 28 heavy (non-hydrogen) atoms. The number of quaternary nitrogens is 1. The molecule has 4 heteroatoms. The average Bonchev–Trinajstić information content (AvgIpc) is 2.73. The van der Waals surface area contributed by atoms with E-state index in [0.717, 1.165) is 47.2 Å². The lowest BCUT2D eigenvalue weighted by atomic mass is 10.1. The number of rotatable bonds is 6. The van der Waals surface area contributed by atoms with E-state index in [1.165, 1.54) is 0 Å². The second kappa shape index (κ2) is 7.95. The molecule has 0 aliphatic rings. The van der Waals surface area contributed by atoms with Gasteiger partial charge in [-0.1, -0.05) is 55.8 Å². The van der Waals surface area contributed by atoms with Crippen molar-refractivity contribution in [3.05, 3.63) is 82.9 Å². The predicted octanol–water partition coefficient (Wildman–Crippen LogP) is 3.96. The first-order chi connectivity index (χ1) is 13.7. The summed E-state index contributed by atoms with van der Waals surface area (Å²) in [5.41, 5.74) is 1.62. The van der Waals surface area contributed by atoms with Crippen LogP contribution in [0.5, 0.6) is 0 Å². The molecule has 0 fully saturated rings. The minimum atomic E-state index is -0.00776. The molecule has 142 valence electrons. The first-order valence-corrected chi connectivity index (χ1v) is 10.0. The number of benzene rings is 3. The Morgan fingerprint density at radius 3 is 2.57 bits per heavy atom. The fraction of sp³-hybridized carbons (Fsp3) is 0.250. The van der Waals surface area contributed by atoms with Crippen molar-refractivity contribution < 1.29 is 5.32 Å². The Hall–Kier alpha value is -2.98. The molecule has 0 aliphatic carbocycles. The van der Waals surface area contributed by atoms with Gasteiger partial charge in [0.2, 0.25) is 0 Å². The monoisotopic (exact) mass is 372 g/mol. The fourth-order valence-corrected chi connectivity index (χ4v) is 3.70. The fourth-order valence-electron chi connectivity index (χ4n) is 3.70. The summed E-state index contributed by atoms with van der Waals surface area (Å²) in [5.74, 6) is 0.801. The second-order valence-electron chi connectivity index (χ2n) is 7.33. The lowest BCUT2D eigenvalue weighted by molar-refractivity contribution is -0.694. The molecule has 1 atom stereocenters. The molecule has 0 saturated heterocycles. The zero-order chi connectivity index (χ0) is 19.5. The maximum Gasteiger partial charge on any atom is 0.266 e. The van der Waals surface area contributed by atoms with Crippen LogP contribution in [0.3, 0.4) is 0 Å². The van der Waals surface area contributed by atoms with E-state index >= 15 is 0 Å². The zero-order valence-corrected chi connectivity index (χ0v) is 16.4. The predicted molar refractivity (Wildman–Crippen MR) is 115 cm³/mol. The van der Waals surface area contributed by atoms with Crippen molar-refractivity contribution >= 4 is 21.7 Å². The van der Waals surface area contributed by atoms with Gasteiger partial charge in [-0.2, -0.15) is 0 Å². The SMILES string of the molecule is CCCC[NH2+][C@H](C)c1nc2ccccc2c(=O)n1-c1ccc2ccccc2c1. The Labute approximate surface area is 164 Å². The molecule has 4 aromatic rings. The molecule has 0 amide bonds. The third-order valence-corrected chi connectivity index (χ3v) is 5.28. The standard InChI is InChI=1S/C24H25N3O/c1-3-4-15-25-17(2)23-26-22-12-8-7-11-21(22)24(28)27(23)20-14-13-18-9-5-6-10-19(18)16-20/h5-14,16-17,25H,3-4,15H2,1-2H3/p+1/t17-/m1/s1. The number of hydrogen-bond acceptors (Lipinski definition) is 2. The molecule has 4 nitrogen and oxygen atoms in total. The maximum atomic E-state index is 13.4. The van der Waals surface area contributed by atoms with Crippen molar-refractivity contribution in [1.29, 1.82) is 0 Å². The Morgan fingerprint density at radius 2 is 1.75 bits per heavy atom. The normalized spacial score (nSPS) is 12.5. The van der Waals surface area contributed by atoms with Crippen molar-refractivity contribution in [1.82, 2.24) is 9.55 Å². The molecule has 0 spiro atoms. The molecule has 0 unspecified atom stereocenters. The third-order valence-electron chi connectivity index (χ3n) is 5.28. The lowest BCUT2D eigenvalue weighted by Crippen LogP contribution is -2.85. The van der Waals surface area contributed by atoms with Gasteiger partial charge in [0.1, 0.15) is 6.04 Å². The van der Waals surface area contributed by atoms with Crippen LogP contribution < -0.4 is 10.9 Å². The highest BCUT2D eigenvalue weighted by Gasteiger charge is 2.20. The Kier molecular flexibility index (Phi) is 5.22. The third kappa shape index (κ3) is 3.43. The van der Waals surface area contributed by atoms with Crippen LogP contribution in [0, 0.1) is 0 Å². The van der Waals surface area contributed by atoms with Gasteiger partial charge in [0, 0.05) is 0 Å². The topological polar surface area (TPSA) is 51.5 Å². The van der Waals surface area contributed by atoms with Gasteiger partial charge in [0.25, 0.3) is 5.56 Å². The van der Waals surface area contributed by atoms with Crippen LogP contribution in [0.25, 0.3) is 27.4 Å². The summed E-state index contributed by atoms with van der Waals surface area (Å²) in [7, 11) is 0. The van der Waals surface area contributed by atoms with E-state index in [2.05, 4.69) is 43.4 Å². The van der Waals surface area contributed by atoms with Crippen LogP contribution in [-0.2, 0) is 0 Å². The summed E-state index contributed by atoms with van der Waals surface area (Å²) in [5, 5.41) is 5.21. The minimum Gasteiger partial charge on any atom is -0.338 e. The summed E-state index contributed by atoms with van der Waals surface area (Å²) in [4.78, 5) is 18.3. The Morgan fingerprint density at radius 1 is 1.00 bits per heavy atom. The molecule has 0 aliphatic heterocycles. The number of unbranched alkanes of at least 4 members (excludes halogenated alkanes) is 1. The Balaban J connectivity index is 1.92. The van der Waals surface area contributed by atoms with Crippen molar-refractivity contribution in [2.45, 2.75) is 32.7 Å². The highest BCUT2D eigenvalue weighted by atomic mass is 16.1. The van der Waals surface area contributed by atoms with Crippen molar-refractivity contribution in [3.8, 4) is 5.69 Å². The molecule has 0 bridgehead atoms. The number of hydrogen-bond donors (Lipinski definition) is 1. The van der Waals surface area contributed by atoms with Gasteiger partial charge in [0.05, 0.1) is 23.1 Å². The molecule has 0 radical (unpaired) electrons. The highest BCUT2D eigenvalue weighted by Crippen LogP contribution is 2.21. The first kappa shape index (κ1) is 18.4. The number of para-hydroxylation sites is 1. The van der Waals surface area contributed by atoms with Gasteiger partial charge in [-0.15, -0.1) is 0 Å². The summed E-state index contributed by atoms with van der Waals surface area (Å²) < 4.78 is 1.79. The summed E-state index contributed by atoms with van der Waals surface area (Å²) in [6.07, 6.45) is 2.31. The van der Waals surface area contributed by atoms with Crippen LogP contribution in [0.4, 0.5) is 0 Å². The molecule has 4 rings (SSSR count). The number of nitrogens with two attached hydrogens (primary N) is 1. The molecule has 1 heterocycles. The number of aromatic nitrogens is 2. The Bertz CT molecular complexity index is 1180. The second-order valence-corrected chi connectivity index (χ2v) is 7.33. The smallest absolute Gasteiger partial charge is 0.266 e. The average molecular weight is 372 g/mol. The zero-order valence-electron chi connectivity index (χ0n) is 16.4. The van der Waals surface area contributed by atoms with Gasteiger partial charge >= 0.3 is 0 Å². The van der Waals surface area contributed by atoms with Crippen LogP contribution in [0.2, 0.25) is 0 Å². The molecule has 3 aromatic carbocycles. The van der Waals surface area contributed by atoms with Crippen LogP contribution in [-0.4, -0.2) is 16.1 Å². The van der Waals surface area contributed by atoms with Gasteiger partial charge in [0.15, 0.2) is 5.82 Å². The van der Waals surface area contributed by atoms with Crippen molar-refractivity contribution in [2.75, 3.05) is 6.54 Å². The summed E-state index contributed by atoms with van der Waals surface area (Å²) in [6, 6.07) is 22.1. The first-order valence-electron chi connectivity index (χ1n) is 10.0. The molecule has 0 saturated carbocycles. The minimum absolute atomic E-state index is 0.00776. The molecular weight excluding hydrogens is 346 g/mol. The van der Waals surface area contributed by atoms with Crippen LogP contribution >= 0.6 is 0 Å². The van der Waals surface area contributed by atoms with E-state index in [1.807, 2.05) is 42.5 Å². The summed E-state index contributed by atoms with van der Waals surface area (Å²) in [6.45, 7) is 5.35. The largest absolute Gasteiger partial charge is 0.338 e. The molecule has 2 N–H and O–H groups in total. The van der Waals surface area contributed by atoms with Gasteiger partial charge in [-0.05, 0) is 48.4 Å². The quantitative estimate of drug-likeness (QED) is 0.521. The molecule has 1 aromatic heterocycles. The van der Waals surface area contributed by atoms with Gasteiger partial charge in [-0.3, -0.25) is 9.36 Å². The number of fused-ring (bicyclic) bond motifs is 2. The van der Waals surface area contributed by atoms with E-state index in [0.29, 0.717) is 5.39 Å². The molecular formula is C24H26N3O+. The van der Waals surface area contributed by atoms with Crippen molar-refractivity contribution in [3.63, 3.8) is 0 Å². The lowest BCUT2D eigenvalue weighted by Gasteiger charge is -2.18. The summed E-state index contributed by atoms with van der Waals surface area (Å²) >= 11 is 0. The van der Waals surface area contributed by atoms with E-state index in [4.69, 9.17) is 4.98 Å². The van der Waals surface area contributed by atoms with E-state index in [1.54, 1.807) is 4.57 Å². The maximum absolute atomic E-state index is 13.4. The number of nitrogens with zero attached hydrogens (tertiary/aromatic N) is 2. The van der Waals surface area contributed by atoms with E-state index in [-0.39, 0.29) is 11.6 Å². The van der Waals surface area contributed by atoms with Crippen LogP contribution in [0.1, 0.15) is 38.6 Å². The van der Waals surface area contributed by atoms with E-state index < -0.39 is 0 Å².